The second-order valence-corrected chi connectivity index (χ2v) is 11.0. The fraction of sp³-hybridized carbons (Fsp3) is 0.500. The van der Waals surface area contributed by atoms with Gasteiger partial charge in [-0.15, -0.1) is 0 Å². The van der Waals surface area contributed by atoms with E-state index >= 15 is 0 Å². The molecule has 172 valence electrons. The quantitative estimate of drug-likeness (QED) is 0.427. The first kappa shape index (κ1) is 23.7. The van der Waals surface area contributed by atoms with Crippen LogP contribution in [0, 0.1) is 0 Å². The van der Waals surface area contributed by atoms with Crippen molar-refractivity contribution >= 4 is 31.0 Å². The summed E-state index contributed by atoms with van der Waals surface area (Å²) in [5, 5.41) is 0.778. The molecule has 2 heterocycles. The molecule has 2 aromatic rings. The van der Waals surface area contributed by atoms with Crippen LogP contribution in [0.4, 0.5) is 0 Å². The minimum absolute atomic E-state index is 0.0813. The molecule has 6 heteroatoms. The summed E-state index contributed by atoms with van der Waals surface area (Å²) in [6, 6.07) is 12.1. The van der Waals surface area contributed by atoms with Crippen LogP contribution in [0.2, 0.25) is 0 Å². The molecule has 32 heavy (non-hydrogen) atoms. The maximum atomic E-state index is 13.3. The molecule has 4 nitrogen and oxygen atoms in total. The normalized spacial score (nSPS) is 18.4. The first-order valence-electron chi connectivity index (χ1n) is 11.6. The Hall–Kier alpha value is -1.47. The van der Waals surface area contributed by atoms with Crippen molar-refractivity contribution in [2.45, 2.75) is 56.7 Å². The zero-order valence-electron chi connectivity index (χ0n) is 19.1. The van der Waals surface area contributed by atoms with Crippen molar-refractivity contribution in [2.75, 3.05) is 26.4 Å². The average Bonchev–Trinajstić information content (AvgIpc) is 2.79. The zero-order chi connectivity index (χ0) is 22.7. The molecule has 2 aromatic carbocycles. The van der Waals surface area contributed by atoms with Crippen LogP contribution >= 0.6 is 25.3 Å². The third-order valence-corrected chi connectivity index (χ3v) is 6.92. The molecule has 0 fully saturated rings. The molecule has 0 N–H and O–H groups in total. The Morgan fingerprint density at radius 1 is 0.906 bits per heavy atom. The highest BCUT2D eigenvalue weighted by molar-refractivity contribution is 7.81. The van der Waals surface area contributed by atoms with Crippen LogP contribution in [-0.2, 0) is 19.5 Å². The summed E-state index contributed by atoms with van der Waals surface area (Å²) in [6.07, 6.45) is 3.14. The lowest BCUT2D eigenvalue weighted by molar-refractivity contribution is 0.0941. The Morgan fingerprint density at radius 2 is 1.53 bits per heavy atom. The molecule has 0 radical (unpaired) electrons. The van der Waals surface area contributed by atoms with Gasteiger partial charge >= 0.3 is 0 Å². The molecule has 2 aliphatic heterocycles. The number of ether oxygens (including phenoxy) is 1. The molecule has 2 unspecified atom stereocenters. The summed E-state index contributed by atoms with van der Waals surface area (Å²) in [5.41, 5.74) is 5.23. The molecule has 0 bridgehead atoms. The van der Waals surface area contributed by atoms with Gasteiger partial charge in [-0.25, -0.2) is 0 Å². The number of hydrogen-bond donors (Lipinski definition) is 2. The highest BCUT2D eigenvalue weighted by atomic mass is 32.1. The van der Waals surface area contributed by atoms with Crippen LogP contribution < -0.4 is 4.74 Å². The monoisotopic (exact) mass is 470 g/mol. The number of ketones is 1. The number of rotatable bonds is 8. The van der Waals surface area contributed by atoms with Crippen molar-refractivity contribution in [2.24, 2.45) is 0 Å². The number of thiol groups is 2. The van der Waals surface area contributed by atoms with Gasteiger partial charge in [0.25, 0.3) is 0 Å². The van der Waals surface area contributed by atoms with E-state index in [9.17, 15) is 4.79 Å². The fourth-order valence-corrected chi connectivity index (χ4v) is 4.66. The van der Waals surface area contributed by atoms with Crippen LogP contribution in [0.3, 0.4) is 0 Å². The summed E-state index contributed by atoms with van der Waals surface area (Å²) in [6.45, 7) is 9.62. The lowest BCUT2D eigenvalue weighted by Crippen LogP contribution is -2.33. The van der Waals surface area contributed by atoms with Crippen molar-refractivity contribution in [3.8, 4) is 5.75 Å². The van der Waals surface area contributed by atoms with Crippen molar-refractivity contribution in [3.05, 3.63) is 64.2 Å². The summed E-state index contributed by atoms with van der Waals surface area (Å²) < 4.78 is 5.91. The van der Waals surface area contributed by atoms with E-state index < -0.39 is 0 Å². The molecule has 2 aliphatic rings. The van der Waals surface area contributed by atoms with Gasteiger partial charge in [-0.05, 0) is 61.2 Å². The Kier molecular flexibility index (Phi) is 7.87. The van der Waals surface area contributed by atoms with Crippen LogP contribution in [0.5, 0.6) is 5.75 Å². The Labute approximate surface area is 203 Å². The number of carbonyl (C=O) groups is 1. The van der Waals surface area contributed by atoms with E-state index in [-0.39, 0.29) is 5.78 Å². The summed E-state index contributed by atoms with van der Waals surface area (Å²) in [7, 11) is 0. The van der Waals surface area contributed by atoms with E-state index in [1.165, 1.54) is 11.1 Å². The molecular formula is C26H34N2O2S2. The molecule has 2 atom stereocenters. The van der Waals surface area contributed by atoms with E-state index in [1.54, 1.807) is 0 Å². The molecule has 0 aliphatic carbocycles. The van der Waals surface area contributed by atoms with Gasteiger partial charge in [-0.3, -0.25) is 14.6 Å². The predicted molar refractivity (Wildman–Crippen MR) is 137 cm³/mol. The number of nitrogens with zero attached hydrogens (tertiary/aromatic N) is 2. The Bertz CT molecular complexity index is 885. The SMILES string of the molecule is CC(S)CCN1CCc2ccc(C(=O)c3ccc4c(c3)CN(CCC(C)S)CO4)cc2C1. The number of carbonyl (C=O) groups excluding carboxylic acids is 1. The first-order valence-corrected chi connectivity index (χ1v) is 12.7. The van der Waals surface area contributed by atoms with Gasteiger partial charge < -0.3 is 4.74 Å². The number of fused-ring (bicyclic) bond motifs is 2. The summed E-state index contributed by atoms with van der Waals surface area (Å²) >= 11 is 8.99. The van der Waals surface area contributed by atoms with E-state index in [2.05, 4.69) is 61.0 Å². The van der Waals surface area contributed by atoms with Gasteiger partial charge in [0, 0.05) is 53.4 Å². The molecule has 4 rings (SSSR count). The highest BCUT2D eigenvalue weighted by Crippen LogP contribution is 2.28. The first-order chi connectivity index (χ1) is 15.4. The van der Waals surface area contributed by atoms with Gasteiger partial charge in [0.15, 0.2) is 5.78 Å². The van der Waals surface area contributed by atoms with Crippen molar-refractivity contribution in [1.29, 1.82) is 0 Å². The second kappa shape index (κ2) is 10.6. The molecule has 0 amide bonds. The smallest absolute Gasteiger partial charge is 0.193 e. The second-order valence-electron chi connectivity index (χ2n) is 9.26. The largest absolute Gasteiger partial charge is 0.478 e. The van der Waals surface area contributed by atoms with Gasteiger partial charge in [0.2, 0.25) is 0 Å². The summed E-state index contributed by atoms with van der Waals surface area (Å²) in [4.78, 5) is 18.1. The van der Waals surface area contributed by atoms with Crippen LogP contribution in [0.1, 0.15) is 59.3 Å². The summed E-state index contributed by atoms with van der Waals surface area (Å²) in [5.74, 6) is 0.967. The Balaban J connectivity index is 1.47. The molecular weight excluding hydrogens is 436 g/mol. The third-order valence-electron chi connectivity index (χ3n) is 6.41. The molecule has 0 saturated heterocycles. The lowest BCUT2D eigenvalue weighted by Gasteiger charge is -2.30. The lowest BCUT2D eigenvalue weighted by atomic mass is 9.93. The average molecular weight is 471 g/mol. The maximum Gasteiger partial charge on any atom is 0.193 e. The van der Waals surface area contributed by atoms with E-state index in [4.69, 9.17) is 4.74 Å². The topological polar surface area (TPSA) is 32.8 Å². The minimum Gasteiger partial charge on any atom is -0.478 e. The minimum atomic E-state index is 0.0813. The predicted octanol–water partition coefficient (Wildman–Crippen LogP) is 4.84. The number of benzene rings is 2. The van der Waals surface area contributed by atoms with Gasteiger partial charge in [0.1, 0.15) is 12.5 Å². The fourth-order valence-electron chi connectivity index (χ4n) is 4.43. The molecule has 0 saturated carbocycles. The van der Waals surface area contributed by atoms with Crippen molar-refractivity contribution < 1.29 is 9.53 Å². The zero-order valence-corrected chi connectivity index (χ0v) is 20.9. The maximum absolute atomic E-state index is 13.3. The Morgan fingerprint density at radius 3 is 2.25 bits per heavy atom. The number of hydrogen-bond acceptors (Lipinski definition) is 6. The van der Waals surface area contributed by atoms with E-state index in [1.807, 2.05) is 24.3 Å². The van der Waals surface area contributed by atoms with Gasteiger partial charge in [0.05, 0.1) is 0 Å². The van der Waals surface area contributed by atoms with E-state index in [0.29, 0.717) is 17.2 Å². The van der Waals surface area contributed by atoms with Gasteiger partial charge in [-0.2, -0.15) is 25.3 Å². The van der Waals surface area contributed by atoms with Crippen molar-refractivity contribution in [1.82, 2.24) is 9.80 Å². The van der Waals surface area contributed by atoms with Gasteiger partial charge in [-0.1, -0.05) is 26.0 Å². The van der Waals surface area contributed by atoms with Crippen molar-refractivity contribution in [3.63, 3.8) is 0 Å². The van der Waals surface area contributed by atoms with Crippen LogP contribution in [0.25, 0.3) is 0 Å². The molecule has 0 spiro atoms. The highest BCUT2D eigenvalue weighted by Gasteiger charge is 2.22. The van der Waals surface area contributed by atoms with Crippen LogP contribution in [0.15, 0.2) is 36.4 Å². The standard InChI is InChI=1S/C26H34N2O2S2/c1-18(31)7-10-27-12-9-20-3-4-21(13-23(20)15-27)26(29)22-5-6-25-24(14-22)16-28(17-30-25)11-8-19(2)32/h3-6,13-14,18-19,31-32H,7-12,15-17H2,1-2H3. The molecule has 0 aromatic heterocycles. The van der Waals surface area contributed by atoms with Crippen LogP contribution in [-0.4, -0.2) is 52.4 Å². The third kappa shape index (κ3) is 5.90. The van der Waals surface area contributed by atoms with E-state index in [0.717, 1.165) is 74.4 Å².